The van der Waals surface area contributed by atoms with Gasteiger partial charge in [0.1, 0.15) is 17.2 Å². The molecule has 2 N–H and O–H groups in total. The normalized spacial score (nSPS) is 11.6. The predicted molar refractivity (Wildman–Crippen MR) is 139 cm³/mol. The van der Waals surface area contributed by atoms with E-state index in [1.807, 2.05) is 25.1 Å². The van der Waals surface area contributed by atoms with Gasteiger partial charge in [0, 0.05) is 36.6 Å². The molecule has 2 heterocycles. The van der Waals surface area contributed by atoms with Crippen molar-refractivity contribution in [2.45, 2.75) is 25.6 Å². The Morgan fingerprint density at radius 2 is 1.87 bits per heavy atom. The molecule has 11 heteroatoms. The van der Waals surface area contributed by atoms with E-state index in [2.05, 4.69) is 20.3 Å². The number of ether oxygens (including phenoxy) is 1. The van der Waals surface area contributed by atoms with Gasteiger partial charge in [-0.05, 0) is 62.5 Å². The first-order chi connectivity index (χ1) is 18.1. The van der Waals surface area contributed by atoms with Crippen LogP contribution in [0.3, 0.4) is 0 Å². The third-order valence-electron chi connectivity index (χ3n) is 5.42. The molecule has 0 spiro atoms. The van der Waals surface area contributed by atoms with E-state index in [1.54, 1.807) is 42.7 Å². The lowest BCUT2D eigenvalue weighted by atomic mass is 10.1. The number of aromatic amines is 1. The Hall–Kier alpha value is -3.89. The quantitative estimate of drug-likeness (QED) is 0.249. The topological polar surface area (TPSA) is 83.1 Å². The van der Waals surface area contributed by atoms with Crippen molar-refractivity contribution in [3.05, 3.63) is 88.8 Å². The molecule has 1 amide bonds. The molecule has 2 aromatic carbocycles. The van der Waals surface area contributed by atoms with Crippen molar-refractivity contribution in [3.8, 4) is 23.0 Å². The van der Waals surface area contributed by atoms with Crippen LogP contribution in [0, 0.1) is 0 Å². The summed E-state index contributed by atoms with van der Waals surface area (Å²) in [5.74, 6) is 1.35. The maximum Gasteiger partial charge on any atom is 0.417 e. The van der Waals surface area contributed by atoms with Crippen LogP contribution >= 0.6 is 11.6 Å². The summed E-state index contributed by atoms with van der Waals surface area (Å²) in [5.41, 5.74) is 1.46. The third kappa shape index (κ3) is 7.33. The second-order valence-corrected chi connectivity index (χ2v) is 9.27. The number of rotatable bonds is 9. The third-order valence-corrected chi connectivity index (χ3v) is 5.75. The Morgan fingerprint density at radius 3 is 2.63 bits per heavy atom. The summed E-state index contributed by atoms with van der Waals surface area (Å²) >= 11 is 5.63. The summed E-state index contributed by atoms with van der Waals surface area (Å²) in [7, 11) is 3.95. The highest BCUT2D eigenvalue weighted by atomic mass is 35.5. The van der Waals surface area contributed by atoms with Gasteiger partial charge < -0.3 is 19.9 Å². The summed E-state index contributed by atoms with van der Waals surface area (Å²) in [4.78, 5) is 26.4. The van der Waals surface area contributed by atoms with Gasteiger partial charge >= 0.3 is 6.18 Å². The van der Waals surface area contributed by atoms with Crippen molar-refractivity contribution in [1.82, 2.24) is 19.9 Å². The minimum Gasteiger partial charge on any atom is -0.457 e. The van der Waals surface area contributed by atoms with Gasteiger partial charge in [0.25, 0.3) is 0 Å². The number of nitrogens with zero attached hydrogens (tertiary/aromatic N) is 3. The van der Waals surface area contributed by atoms with Crippen LogP contribution in [0.2, 0.25) is 5.02 Å². The highest BCUT2D eigenvalue weighted by Crippen LogP contribution is 2.36. The molecule has 4 aromatic rings. The standard InChI is InChI=1S/C27H25ClF3N5O2/c1-36(2)16-19-15-33-26(35-19)24-14-21(10-11-32-24)38-20-5-3-4-17(12-20)6-9-25(37)34-18-7-8-23(28)22(13-18)27(29,30)31/h3-5,7-8,10-15H,6,9,16H2,1-2H3,(H,33,35)(H,34,37). The molecule has 0 radical (unpaired) electrons. The number of alkyl halides is 3. The molecular weight excluding hydrogens is 519 g/mol. The van der Waals surface area contributed by atoms with Crippen LogP contribution < -0.4 is 10.1 Å². The van der Waals surface area contributed by atoms with E-state index in [9.17, 15) is 18.0 Å². The Kier molecular flexibility index (Phi) is 8.33. The number of aryl methyl sites for hydroxylation is 1. The molecule has 0 aliphatic carbocycles. The number of H-pyrrole nitrogens is 1. The summed E-state index contributed by atoms with van der Waals surface area (Å²) in [6, 6.07) is 14.0. The van der Waals surface area contributed by atoms with Crippen molar-refractivity contribution in [1.29, 1.82) is 0 Å². The van der Waals surface area contributed by atoms with Crippen LogP contribution in [0.1, 0.15) is 23.2 Å². The number of pyridine rings is 1. The van der Waals surface area contributed by atoms with Gasteiger partial charge in [-0.15, -0.1) is 0 Å². The summed E-state index contributed by atoms with van der Waals surface area (Å²) in [6.07, 6.45) is -0.771. The minimum absolute atomic E-state index is 0.0303. The van der Waals surface area contributed by atoms with Crippen LogP contribution in [0.4, 0.5) is 18.9 Å². The fraction of sp³-hybridized carbons (Fsp3) is 0.222. The summed E-state index contributed by atoms with van der Waals surface area (Å²) < 4.78 is 45.2. The van der Waals surface area contributed by atoms with E-state index in [0.717, 1.165) is 29.9 Å². The molecule has 0 unspecified atom stereocenters. The van der Waals surface area contributed by atoms with E-state index >= 15 is 0 Å². The zero-order chi connectivity index (χ0) is 27.3. The monoisotopic (exact) mass is 543 g/mol. The molecule has 2 aromatic heterocycles. The van der Waals surface area contributed by atoms with Crippen molar-refractivity contribution in [3.63, 3.8) is 0 Å². The number of halogens is 4. The Bertz CT molecular complexity index is 1420. The molecular formula is C27H25ClF3N5O2. The number of nitrogens with one attached hydrogen (secondary N) is 2. The number of anilines is 1. The Labute approximate surface area is 222 Å². The van der Waals surface area contributed by atoms with Gasteiger partial charge in [0.2, 0.25) is 5.91 Å². The summed E-state index contributed by atoms with van der Waals surface area (Å²) in [5, 5.41) is 2.07. The molecule has 0 aliphatic rings. The van der Waals surface area contributed by atoms with Crippen LogP contribution in [-0.4, -0.2) is 39.9 Å². The molecule has 0 saturated carbocycles. The van der Waals surface area contributed by atoms with Crippen molar-refractivity contribution >= 4 is 23.2 Å². The largest absolute Gasteiger partial charge is 0.457 e. The number of imidazole rings is 1. The first kappa shape index (κ1) is 27.2. The molecule has 0 atom stereocenters. The second-order valence-electron chi connectivity index (χ2n) is 8.86. The zero-order valence-corrected chi connectivity index (χ0v) is 21.4. The Balaban J connectivity index is 1.37. The van der Waals surface area contributed by atoms with Crippen molar-refractivity contribution < 1.29 is 22.7 Å². The lowest BCUT2D eigenvalue weighted by molar-refractivity contribution is -0.137. The molecule has 4 rings (SSSR count). The smallest absolute Gasteiger partial charge is 0.417 e. The van der Waals surface area contributed by atoms with Gasteiger partial charge in [-0.2, -0.15) is 13.2 Å². The maximum atomic E-state index is 13.1. The van der Waals surface area contributed by atoms with E-state index in [4.69, 9.17) is 16.3 Å². The lowest BCUT2D eigenvalue weighted by Gasteiger charge is -2.12. The van der Waals surface area contributed by atoms with Crippen LogP contribution in [0.25, 0.3) is 11.5 Å². The number of amides is 1. The van der Waals surface area contributed by atoms with Gasteiger partial charge in [-0.1, -0.05) is 23.7 Å². The number of benzene rings is 2. The molecule has 0 aliphatic heterocycles. The number of hydrogen-bond acceptors (Lipinski definition) is 5. The first-order valence-corrected chi connectivity index (χ1v) is 12.0. The predicted octanol–water partition coefficient (Wildman–Crippen LogP) is 6.57. The average molecular weight is 544 g/mol. The van der Waals surface area contributed by atoms with E-state index in [1.165, 1.54) is 6.07 Å². The van der Waals surface area contributed by atoms with Gasteiger partial charge in [-0.3, -0.25) is 9.78 Å². The number of aromatic nitrogens is 3. The van der Waals surface area contributed by atoms with Crippen LogP contribution in [0.5, 0.6) is 11.5 Å². The summed E-state index contributed by atoms with van der Waals surface area (Å²) in [6.45, 7) is 0.725. The highest BCUT2D eigenvalue weighted by Gasteiger charge is 2.33. The minimum atomic E-state index is -4.61. The fourth-order valence-electron chi connectivity index (χ4n) is 3.72. The molecule has 198 valence electrons. The van der Waals surface area contributed by atoms with Gasteiger partial charge in [0.15, 0.2) is 5.82 Å². The highest BCUT2D eigenvalue weighted by molar-refractivity contribution is 6.31. The number of hydrogen-bond donors (Lipinski definition) is 2. The average Bonchev–Trinajstić information content (AvgIpc) is 3.31. The van der Waals surface area contributed by atoms with E-state index < -0.39 is 22.7 Å². The van der Waals surface area contributed by atoms with Gasteiger partial charge in [0.05, 0.1) is 16.8 Å². The first-order valence-electron chi connectivity index (χ1n) is 11.7. The van der Waals surface area contributed by atoms with Crippen molar-refractivity contribution in [2.24, 2.45) is 0 Å². The SMILES string of the molecule is CN(C)Cc1cnc(-c2cc(Oc3cccc(CCC(=O)Nc4ccc(Cl)c(C(F)(F)F)c4)c3)ccn2)[nH]1. The molecule has 0 saturated heterocycles. The van der Waals surface area contributed by atoms with E-state index in [-0.39, 0.29) is 12.1 Å². The van der Waals surface area contributed by atoms with Gasteiger partial charge in [-0.25, -0.2) is 4.98 Å². The van der Waals surface area contributed by atoms with Crippen LogP contribution in [-0.2, 0) is 23.9 Å². The van der Waals surface area contributed by atoms with Crippen LogP contribution in [0.15, 0.2) is 67.0 Å². The molecule has 0 bridgehead atoms. The number of carbonyl (C=O) groups is 1. The molecule has 38 heavy (non-hydrogen) atoms. The Morgan fingerprint density at radius 1 is 1.08 bits per heavy atom. The second kappa shape index (κ2) is 11.7. The fourth-order valence-corrected chi connectivity index (χ4v) is 3.94. The zero-order valence-electron chi connectivity index (χ0n) is 20.6. The van der Waals surface area contributed by atoms with Crippen molar-refractivity contribution in [2.75, 3.05) is 19.4 Å². The number of carbonyl (C=O) groups excluding carboxylic acids is 1. The van der Waals surface area contributed by atoms with E-state index in [0.29, 0.717) is 29.4 Å². The molecule has 7 nitrogen and oxygen atoms in total. The lowest BCUT2D eigenvalue weighted by Crippen LogP contribution is -2.14. The maximum absolute atomic E-state index is 13.1. The molecule has 0 fully saturated rings.